The predicted molar refractivity (Wildman–Crippen MR) is 163 cm³/mol. The number of hydrogen-bond donors (Lipinski definition) is 1. The van der Waals surface area contributed by atoms with Crippen LogP contribution in [0.2, 0.25) is 0 Å². The summed E-state index contributed by atoms with van der Waals surface area (Å²) in [6.07, 6.45) is 0.895. The van der Waals surface area contributed by atoms with Crippen LogP contribution in [0.5, 0.6) is 0 Å². The Kier molecular flexibility index (Phi) is 7.90. The van der Waals surface area contributed by atoms with E-state index >= 15 is 0 Å². The molecule has 41 heavy (non-hydrogen) atoms. The predicted octanol–water partition coefficient (Wildman–Crippen LogP) is 4.41. The highest BCUT2D eigenvalue weighted by Crippen LogP contribution is 2.43. The maximum atomic E-state index is 13.9. The van der Waals surface area contributed by atoms with Crippen LogP contribution in [0, 0.1) is 0 Å². The van der Waals surface area contributed by atoms with Gasteiger partial charge in [-0.1, -0.05) is 66.7 Å². The Labute approximate surface area is 242 Å². The van der Waals surface area contributed by atoms with Crippen LogP contribution < -0.4 is 5.32 Å². The van der Waals surface area contributed by atoms with Crippen LogP contribution in [0.15, 0.2) is 84.9 Å². The van der Waals surface area contributed by atoms with Crippen molar-refractivity contribution in [2.75, 3.05) is 46.3 Å². The van der Waals surface area contributed by atoms with E-state index in [1.165, 1.54) is 5.56 Å². The molecule has 1 saturated heterocycles. The van der Waals surface area contributed by atoms with E-state index in [0.29, 0.717) is 12.1 Å². The van der Waals surface area contributed by atoms with Crippen molar-refractivity contribution in [2.45, 2.75) is 24.9 Å². The molecule has 1 N–H and O–H groups in total. The van der Waals surface area contributed by atoms with E-state index in [0.717, 1.165) is 67.8 Å². The molecule has 212 valence electrons. The topological polar surface area (TPSA) is 60.8 Å². The van der Waals surface area contributed by atoms with Gasteiger partial charge in [-0.05, 0) is 47.7 Å². The first-order chi connectivity index (χ1) is 20.0. The Balaban J connectivity index is 1.11. The van der Waals surface area contributed by atoms with Crippen LogP contribution in [0.4, 0.5) is 0 Å². The van der Waals surface area contributed by atoms with Gasteiger partial charge in [0.15, 0.2) is 0 Å². The summed E-state index contributed by atoms with van der Waals surface area (Å²) in [5.41, 5.74) is 4.83. The van der Waals surface area contributed by atoms with Crippen LogP contribution >= 0.6 is 0 Å². The van der Waals surface area contributed by atoms with Gasteiger partial charge in [0.2, 0.25) is 5.91 Å². The zero-order valence-electron chi connectivity index (χ0n) is 24.0. The van der Waals surface area contributed by atoms with Crippen LogP contribution in [0.3, 0.4) is 0 Å². The fraction of sp³-hybridized carbons (Fsp3) is 0.353. The highest BCUT2D eigenvalue weighted by Gasteiger charge is 2.43. The lowest BCUT2D eigenvalue weighted by molar-refractivity contribution is -0.124. The Morgan fingerprint density at radius 1 is 0.854 bits per heavy atom. The van der Waals surface area contributed by atoms with Crippen molar-refractivity contribution < 1.29 is 9.59 Å². The quantitative estimate of drug-likeness (QED) is 0.331. The minimum Gasteiger partial charge on any atom is -0.355 e. The van der Waals surface area contributed by atoms with E-state index < -0.39 is 12.0 Å². The van der Waals surface area contributed by atoms with Gasteiger partial charge in [0, 0.05) is 70.1 Å². The second kappa shape index (κ2) is 11.9. The summed E-state index contributed by atoms with van der Waals surface area (Å²) < 4.78 is 2.12. The standard InChI is InChI=1S/C34H39N5O2/c1-36-29-16-9-6-13-26(29)23-30(36)32-31(27-14-7-8-15-28(27)34(41)37(32)2)33(40)35-17-10-18-38-19-21-39(22-20-38)24-25-11-4-3-5-12-25/h3-9,11-16,23,31-32H,10,17-22,24H2,1-2H3,(H,35,40)/t31-,32+/m0/s1. The number of nitrogens with zero attached hydrogens (tertiary/aromatic N) is 4. The molecule has 4 aromatic rings. The van der Waals surface area contributed by atoms with Gasteiger partial charge in [-0.15, -0.1) is 0 Å². The van der Waals surface area contributed by atoms with Crippen LogP contribution in [0.25, 0.3) is 10.9 Å². The number of hydrogen-bond acceptors (Lipinski definition) is 4. The van der Waals surface area contributed by atoms with E-state index in [2.05, 4.69) is 68.2 Å². The van der Waals surface area contributed by atoms with Crippen molar-refractivity contribution >= 4 is 22.7 Å². The number of likely N-dealkylation sites (N-methyl/N-ethyl adjacent to an activating group) is 1. The molecule has 2 aliphatic rings. The highest BCUT2D eigenvalue weighted by atomic mass is 16.2. The van der Waals surface area contributed by atoms with E-state index in [4.69, 9.17) is 0 Å². The summed E-state index contributed by atoms with van der Waals surface area (Å²) in [4.78, 5) is 34.1. The number of aromatic nitrogens is 1. The Bertz CT molecular complexity index is 1520. The molecule has 0 unspecified atom stereocenters. The average Bonchev–Trinajstić information content (AvgIpc) is 3.34. The van der Waals surface area contributed by atoms with Gasteiger partial charge >= 0.3 is 0 Å². The number of para-hydroxylation sites is 1. The Morgan fingerprint density at radius 3 is 2.32 bits per heavy atom. The molecule has 2 aliphatic heterocycles. The number of piperazine rings is 1. The minimum atomic E-state index is -0.488. The molecule has 0 saturated carbocycles. The van der Waals surface area contributed by atoms with Gasteiger partial charge in [-0.2, -0.15) is 0 Å². The summed E-state index contributed by atoms with van der Waals surface area (Å²) in [6, 6.07) is 28.1. The largest absolute Gasteiger partial charge is 0.355 e. The first-order valence-corrected chi connectivity index (χ1v) is 14.7. The number of carbonyl (C=O) groups is 2. The summed E-state index contributed by atoms with van der Waals surface area (Å²) in [5, 5.41) is 4.34. The molecule has 0 aliphatic carbocycles. The van der Waals surface area contributed by atoms with Gasteiger partial charge in [0.25, 0.3) is 5.91 Å². The second-order valence-electron chi connectivity index (χ2n) is 11.4. The van der Waals surface area contributed by atoms with Crippen LogP contribution in [0.1, 0.15) is 45.6 Å². The SMILES string of the molecule is CN1C(=O)c2ccccc2[C@H](C(=O)NCCCN2CCN(Cc3ccccc3)CC2)[C@H]1c1cc2ccccc2n1C. The van der Waals surface area contributed by atoms with Crippen molar-refractivity contribution in [1.82, 2.24) is 24.6 Å². The molecule has 1 fully saturated rings. The molecule has 7 nitrogen and oxygen atoms in total. The number of amides is 2. The number of aryl methyl sites for hydroxylation is 1. The van der Waals surface area contributed by atoms with Crippen molar-refractivity contribution in [3.05, 3.63) is 107 Å². The lowest BCUT2D eigenvalue weighted by Crippen LogP contribution is -2.47. The zero-order chi connectivity index (χ0) is 28.3. The lowest BCUT2D eigenvalue weighted by atomic mass is 9.81. The molecule has 1 aromatic heterocycles. The fourth-order valence-corrected chi connectivity index (χ4v) is 6.56. The fourth-order valence-electron chi connectivity index (χ4n) is 6.56. The smallest absolute Gasteiger partial charge is 0.254 e. The summed E-state index contributed by atoms with van der Waals surface area (Å²) in [5.74, 6) is -0.565. The van der Waals surface area contributed by atoms with Gasteiger partial charge in [-0.25, -0.2) is 0 Å². The summed E-state index contributed by atoms with van der Waals surface area (Å²) in [7, 11) is 3.84. The third kappa shape index (κ3) is 5.52. The number of benzene rings is 3. The number of carbonyl (C=O) groups excluding carboxylic acids is 2. The number of rotatable bonds is 8. The Hall–Kier alpha value is -3.94. The van der Waals surface area contributed by atoms with Crippen LogP contribution in [-0.2, 0) is 18.4 Å². The van der Waals surface area contributed by atoms with Crippen LogP contribution in [-0.4, -0.2) is 77.4 Å². The summed E-state index contributed by atoms with van der Waals surface area (Å²) >= 11 is 0. The third-order valence-corrected chi connectivity index (χ3v) is 8.82. The first-order valence-electron chi connectivity index (χ1n) is 14.7. The molecule has 0 spiro atoms. The monoisotopic (exact) mass is 549 g/mol. The van der Waals surface area contributed by atoms with Gasteiger partial charge in [0.05, 0.1) is 12.0 Å². The molecule has 3 heterocycles. The molecule has 2 amide bonds. The third-order valence-electron chi connectivity index (χ3n) is 8.82. The van der Waals surface area contributed by atoms with Crippen molar-refractivity contribution in [3.63, 3.8) is 0 Å². The Morgan fingerprint density at radius 2 is 1.54 bits per heavy atom. The van der Waals surface area contributed by atoms with Crippen molar-refractivity contribution in [3.8, 4) is 0 Å². The number of nitrogens with one attached hydrogen (secondary N) is 1. The van der Waals surface area contributed by atoms with Gasteiger partial charge in [0.1, 0.15) is 0 Å². The zero-order valence-corrected chi connectivity index (χ0v) is 24.0. The molecular weight excluding hydrogens is 510 g/mol. The van der Waals surface area contributed by atoms with E-state index in [9.17, 15) is 9.59 Å². The highest BCUT2D eigenvalue weighted by molar-refractivity contribution is 6.01. The number of fused-ring (bicyclic) bond motifs is 2. The lowest BCUT2D eigenvalue weighted by Gasteiger charge is -2.39. The maximum absolute atomic E-state index is 13.9. The normalized spacial score (nSPS) is 19.9. The molecule has 6 rings (SSSR count). The molecule has 3 aromatic carbocycles. The van der Waals surface area contributed by atoms with E-state index in [1.807, 2.05) is 50.5 Å². The molecule has 0 bridgehead atoms. The maximum Gasteiger partial charge on any atom is 0.254 e. The second-order valence-corrected chi connectivity index (χ2v) is 11.4. The minimum absolute atomic E-state index is 0.0280. The summed E-state index contributed by atoms with van der Waals surface area (Å²) in [6.45, 7) is 6.80. The molecule has 2 atom stereocenters. The molecule has 7 heteroatoms. The average molecular weight is 550 g/mol. The molecular formula is C34H39N5O2. The van der Waals surface area contributed by atoms with Gasteiger partial charge < -0.3 is 19.7 Å². The van der Waals surface area contributed by atoms with Crippen molar-refractivity contribution in [1.29, 1.82) is 0 Å². The van der Waals surface area contributed by atoms with Crippen molar-refractivity contribution in [2.24, 2.45) is 7.05 Å². The van der Waals surface area contributed by atoms with Gasteiger partial charge in [-0.3, -0.25) is 14.5 Å². The first kappa shape index (κ1) is 27.2. The van der Waals surface area contributed by atoms with E-state index in [1.54, 1.807) is 4.90 Å². The van der Waals surface area contributed by atoms with E-state index in [-0.39, 0.29) is 11.8 Å². The molecule has 0 radical (unpaired) electrons.